The van der Waals surface area contributed by atoms with Crippen molar-refractivity contribution in [1.29, 1.82) is 0 Å². The van der Waals surface area contributed by atoms with Crippen LogP contribution in [0.1, 0.15) is 22.6 Å². The number of amides is 1. The molecule has 2 aromatic carbocycles. The number of H-pyrrole nitrogens is 1. The molecule has 10 nitrogen and oxygen atoms in total. The second kappa shape index (κ2) is 11.2. The number of carbonyl (C=O) groups excluding carboxylic acids is 1. The molecular formula is C22H24N4O6S. The van der Waals surface area contributed by atoms with Crippen molar-refractivity contribution in [3.05, 3.63) is 78.4 Å². The average molecular weight is 473 g/mol. The molecule has 4 N–H and O–H groups in total. The number of imidazole rings is 1. The lowest BCUT2D eigenvalue weighted by molar-refractivity contribution is -0.138. The molecule has 0 fully saturated rings. The summed E-state index contributed by atoms with van der Waals surface area (Å²) in [6.45, 7) is 0.0549. The number of sulfonamides is 1. The summed E-state index contributed by atoms with van der Waals surface area (Å²) in [5.41, 5.74) is 0.285. The van der Waals surface area contributed by atoms with Crippen LogP contribution in [0.25, 0.3) is 0 Å². The number of aliphatic carboxylic acids is 1. The van der Waals surface area contributed by atoms with Gasteiger partial charge in [0.1, 0.15) is 17.6 Å². The summed E-state index contributed by atoms with van der Waals surface area (Å²) in [4.78, 5) is 31.0. The summed E-state index contributed by atoms with van der Waals surface area (Å²) >= 11 is 0. The first-order valence-corrected chi connectivity index (χ1v) is 11.6. The molecule has 1 unspecified atom stereocenters. The number of aromatic amines is 1. The SMILES string of the molecule is O=C(NCC(NS(=O)(=O)c1ccccc1)C(=O)O)c1ccc(OCCCc2ncc[nH]2)cc1. The van der Waals surface area contributed by atoms with Crippen LogP contribution in [-0.4, -0.2) is 54.6 Å². The van der Waals surface area contributed by atoms with Gasteiger partial charge in [-0.25, -0.2) is 13.4 Å². The topological polar surface area (TPSA) is 150 Å². The molecule has 0 spiro atoms. The van der Waals surface area contributed by atoms with E-state index < -0.39 is 34.5 Å². The molecule has 33 heavy (non-hydrogen) atoms. The molecule has 174 valence electrons. The minimum Gasteiger partial charge on any atom is -0.494 e. The van der Waals surface area contributed by atoms with E-state index in [1.165, 1.54) is 24.3 Å². The van der Waals surface area contributed by atoms with E-state index in [-0.39, 0.29) is 10.5 Å². The third-order valence-corrected chi connectivity index (χ3v) is 6.10. The zero-order chi connectivity index (χ0) is 23.7. The Morgan fingerprint density at radius 2 is 1.82 bits per heavy atom. The maximum absolute atomic E-state index is 12.4. The van der Waals surface area contributed by atoms with Crippen molar-refractivity contribution >= 4 is 21.9 Å². The second-order valence-electron chi connectivity index (χ2n) is 7.05. The quantitative estimate of drug-likeness (QED) is 0.292. The predicted octanol–water partition coefficient (Wildman–Crippen LogP) is 1.58. The molecule has 0 aliphatic rings. The average Bonchev–Trinajstić information content (AvgIpc) is 3.34. The van der Waals surface area contributed by atoms with Crippen LogP contribution >= 0.6 is 0 Å². The molecule has 1 amide bonds. The molecule has 0 radical (unpaired) electrons. The Kier molecular flexibility index (Phi) is 8.17. The molecule has 11 heteroatoms. The fourth-order valence-corrected chi connectivity index (χ4v) is 4.11. The molecule has 3 rings (SSSR count). The van der Waals surface area contributed by atoms with E-state index in [4.69, 9.17) is 4.74 Å². The van der Waals surface area contributed by atoms with Crippen molar-refractivity contribution in [3.8, 4) is 5.75 Å². The highest BCUT2D eigenvalue weighted by Crippen LogP contribution is 2.13. The molecule has 1 heterocycles. The number of carboxylic acid groups (broad SMARTS) is 1. The lowest BCUT2D eigenvalue weighted by atomic mass is 10.2. The van der Waals surface area contributed by atoms with Crippen LogP contribution in [0.5, 0.6) is 5.75 Å². The van der Waals surface area contributed by atoms with Crippen molar-refractivity contribution in [2.24, 2.45) is 0 Å². The summed E-state index contributed by atoms with van der Waals surface area (Å²) in [5, 5.41) is 11.8. The Bertz CT molecular complexity index is 1150. The van der Waals surface area contributed by atoms with Gasteiger partial charge in [0.2, 0.25) is 10.0 Å². The van der Waals surface area contributed by atoms with E-state index in [9.17, 15) is 23.1 Å². The van der Waals surface area contributed by atoms with Gasteiger partial charge in [0.25, 0.3) is 5.91 Å². The van der Waals surface area contributed by atoms with Crippen molar-refractivity contribution in [1.82, 2.24) is 20.0 Å². The number of carbonyl (C=O) groups is 2. The van der Waals surface area contributed by atoms with Crippen LogP contribution in [0.2, 0.25) is 0 Å². The first-order valence-electron chi connectivity index (χ1n) is 10.1. The van der Waals surface area contributed by atoms with Crippen molar-refractivity contribution < 1.29 is 27.9 Å². The van der Waals surface area contributed by atoms with Gasteiger partial charge in [-0.3, -0.25) is 9.59 Å². The number of nitrogens with zero attached hydrogens (tertiary/aromatic N) is 1. The fourth-order valence-electron chi connectivity index (χ4n) is 2.90. The fraction of sp³-hybridized carbons (Fsp3) is 0.227. The maximum atomic E-state index is 12.4. The van der Waals surface area contributed by atoms with Crippen molar-refractivity contribution in [2.45, 2.75) is 23.8 Å². The standard InChI is InChI=1S/C22H24N4O6S/c27-21(16-8-10-17(11-9-16)32-14-4-7-20-23-12-13-24-20)25-15-19(22(28)29)26-33(30,31)18-5-2-1-3-6-18/h1-3,5-6,8-13,19,26H,4,7,14-15H2,(H,23,24)(H,25,27)(H,28,29). The molecule has 0 saturated heterocycles. The number of carboxylic acids is 1. The summed E-state index contributed by atoms with van der Waals surface area (Å²) < 4.78 is 32.5. The normalized spacial score (nSPS) is 12.1. The number of rotatable bonds is 12. The third kappa shape index (κ3) is 7.16. The van der Waals surface area contributed by atoms with Crippen LogP contribution in [0, 0.1) is 0 Å². The van der Waals surface area contributed by atoms with E-state index in [1.807, 2.05) is 0 Å². The molecule has 1 aromatic heterocycles. The van der Waals surface area contributed by atoms with Gasteiger partial charge in [-0.1, -0.05) is 18.2 Å². The van der Waals surface area contributed by atoms with E-state index in [1.54, 1.807) is 42.7 Å². The second-order valence-corrected chi connectivity index (χ2v) is 8.76. The van der Waals surface area contributed by atoms with Crippen LogP contribution < -0.4 is 14.8 Å². The monoisotopic (exact) mass is 472 g/mol. The number of hydrogen-bond acceptors (Lipinski definition) is 6. The van der Waals surface area contributed by atoms with Gasteiger partial charge in [0, 0.05) is 30.9 Å². The van der Waals surface area contributed by atoms with Gasteiger partial charge in [-0.15, -0.1) is 0 Å². The first-order chi connectivity index (χ1) is 15.8. The largest absolute Gasteiger partial charge is 0.494 e. The first kappa shape index (κ1) is 24.0. The van der Waals surface area contributed by atoms with E-state index in [0.29, 0.717) is 12.4 Å². The molecule has 0 aliphatic carbocycles. The highest BCUT2D eigenvalue weighted by Gasteiger charge is 2.26. The van der Waals surface area contributed by atoms with Crippen LogP contribution in [0.3, 0.4) is 0 Å². The molecule has 0 saturated carbocycles. The maximum Gasteiger partial charge on any atom is 0.323 e. The lowest BCUT2D eigenvalue weighted by Crippen LogP contribution is -2.48. The number of nitrogens with one attached hydrogen (secondary N) is 3. The van der Waals surface area contributed by atoms with Gasteiger partial charge >= 0.3 is 5.97 Å². The van der Waals surface area contributed by atoms with Crippen LogP contribution in [-0.2, 0) is 21.2 Å². The summed E-state index contributed by atoms with van der Waals surface area (Å²) in [7, 11) is -4.05. The Morgan fingerprint density at radius 1 is 1.09 bits per heavy atom. The minimum atomic E-state index is -4.05. The molecule has 0 aliphatic heterocycles. The minimum absolute atomic E-state index is 0.0673. The van der Waals surface area contributed by atoms with Crippen molar-refractivity contribution in [2.75, 3.05) is 13.2 Å². The molecular weight excluding hydrogens is 448 g/mol. The van der Waals surface area contributed by atoms with Gasteiger partial charge in [-0.2, -0.15) is 4.72 Å². The highest BCUT2D eigenvalue weighted by molar-refractivity contribution is 7.89. The Balaban J connectivity index is 1.49. The van der Waals surface area contributed by atoms with E-state index in [2.05, 4.69) is 20.0 Å². The number of aryl methyl sites for hydroxylation is 1. The summed E-state index contributed by atoms with van der Waals surface area (Å²) in [6.07, 6.45) is 4.98. The lowest BCUT2D eigenvalue weighted by Gasteiger charge is -2.16. The van der Waals surface area contributed by atoms with Gasteiger partial charge < -0.3 is 20.1 Å². The van der Waals surface area contributed by atoms with Crippen molar-refractivity contribution in [3.63, 3.8) is 0 Å². The third-order valence-electron chi connectivity index (χ3n) is 4.61. The van der Waals surface area contributed by atoms with Crippen LogP contribution in [0.15, 0.2) is 71.9 Å². The number of hydrogen-bond donors (Lipinski definition) is 4. The summed E-state index contributed by atoms with van der Waals surface area (Å²) in [5.74, 6) is -0.473. The molecule has 0 bridgehead atoms. The highest BCUT2D eigenvalue weighted by atomic mass is 32.2. The van der Waals surface area contributed by atoms with Crippen LogP contribution in [0.4, 0.5) is 0 Å². The zero-order valence-electron chi connectivity index (χ0n) is 17.6. The Labute approximate surface area is 191 Å². The van der Waals surface area contributed by atoms with E-state index in [0.717, 1.165) is 18.7 Å². The summed E-state index contributed by atoms with van der Waals surface area (Å²) in [6, 6.07) is 12.2. The van der Waals surface area contributed by atoms with Gasteiger partial charge in [0.15, 0.2) is 0 Å². The Morgan fingerprint density at radius 3 is 2.45 bits per heavy atom. The zero-order valence-corrected chi connectivity index (χ0v) is 18.4. The molecule has 3 aromatic rings. The Hall–Kier alpha value is -3.70. The smallest absolute Gasteiger partial charge is 0.323 e. The van der Waals surface area contributed by atoms with Gasteiger partial charge in [0.05, 0.1) is 11.5 Å². The number of aromatic nitrogens is 2. The van der Waals surface area contributed by atoms with E-state index >= 15 is 0 Å². The number of benzene rings is 2. The molecule has 1 atom stereocenters. The van der Waals surface area contributed by atoms with Gasteiger partial charge in [-0.05, 0) is 42.8 Å². The number of ether oxygens (including phenoxy) is 1. The predicted molar refractivity (Wildman–Crippen MR) is 119 cm³/mol.